The number of carbonyl (C=O) groups is 5. The van der Waals surface area contributed by atoms with Crippen LogP contribution in [0.15, 0.2) is 66.2 Å². The predicted octanol–water partition coefficient (Wildman–Crippen LogP) is 5.78. The summed E-state index contributed by atoms with van der Waals surface area (Å²) in [5.74, 6) is -8.75. The standard InChI is InChI=1S/C56H81N3O14/c1-33-13-10-9-11-14-34(2)46(71-32-40-31-57-20-21-58-40)29-41-18-16-38(6)56(67,73-41)53(64)54(65)59-22-12-15-42-43(27-39-17-19-45(70-24-23-60)48(28-39)68-7)47(72-55(66)49(42)59)30-44(61)35(3)26-37(5)51(63)52(69-8)50(62)36(4)25-33/h9-11,13-14,20-21,26,31,33,35-36,38-39,41-43,45-49,51-52,60,63,67H,12,15-19,22-25,27-30,32H2,1-8H3/b11-9+,13-10+,34-14+,37-26+/t33-,35-,36-,38-,39+,41+,42-,43?,45-,46+,47+,48-,49?,51-,52+,56-/m1/s1. The van der Waals surface area contributed by atoms with E-state index in [1.54, 1.807) is 52.5 Å². The Labute approximate surface area is 431 Å². The van der Waals surface area contributed by atoms with E-state index < -0.39 is 89.6 Å². The molecule has 0 aromatic carbocycles. The molecule has 0 spiro atoms. The smallest absolute Gasteiger partial charge is 0.329 e. The maximum absolute atomic E-state index is 14.7. The number of nitrogens with zero attached hydrogens (tertiary/aromatic N) is 3. The molecule has 16 atom stereocenters. The number of piperidine rings is 1. The van der Waals surface area contributed by atoms with E-state index in [2.05, 4.69) is 9.97 Å². The van der Waals surface area contributed by atoms with Crippen LogP contribution in [-0.2, 0) is 59.0 Å². The van der Waals surface area contributed by atoms with E-state index in [0.717, 1.165) is 12.0 Å². The number of esters is 1. The van der Waals surface area contributed by atoms with Crippen molar-refractivity contribution in [3.8, 4) is 0 Å². The van der Waals surface area contributed by atoms with Gasteiger partial charge >= 0.3 is 5.97 Å². The van der Waals surface area contributed by atoms with Crippen LogP contribution in [0.2, 0.25) is 0 Å². The molecule has 3 saturated heterocycles. The van der Waals surface area contributed by atoms with Crippen LogP contribution < -0.4 is 0 Å². The third-order valence-electron chi connectivity index (χ3n) is 16.1. The number of ether oxygens (including phenoxy) is 6. The molecular weight excluding hydrogens is 939 g/mol. The zero-order valence-electron chi connectivity index (χ0n) is 44.1. The highest BCUT2D eigenvalue weighted by atomic mass is 16.6. The summed E-state index contributed by atoms with van der Waals surface area (Å²) in [4.78, 5) is 81.7. The number of allylic oxidation sites excluding steroid dienone is 6. The zero-order chi connectivity index (χ0) is 53.0. The quantitative estimate of drug-likeness (QED) is 0.143. The van der Waals surface area contributed by atoms with Crippen molar-refractivity contribution in [3.05, 3.63) is 71.9 Å². The molecule has 1 aromatic heterocycles. The molecule has 73 heavy (non-hydrogen) atoms. The second-order valence-corrected chi connectivity index (χ2v) is 21.4. The first-order valence-electron chi connectivity index (χ1n) is 26.4. The van der Waals surface area contributed by atoms with Crippen molar-refractivity contribution in [3.63, 3.8) is 0 Å². The number of Topliss-reactive ketones (excluding diaryl/α,β-unsaturated/α-hetero) is 3. The van der Waals surface area contributed by atoms with Crippen molar-refractivity contribution in [2.24, 2.45) is 41.4 Å². The van der Waals surface area contributed by atoms with Gasteiger partial charge in [-0.25, -0.2) is 4.79 Å². The van der Waals surface area contributed by atoms with Gasteiger partial charge in [-0.15, -0.1) is 0 Å². The van der Waals surface area contributed by atoms with Crippen molar-refractivity contribution in [2.45, 2.75) is 173 Å². The third-order valence-corrected chi connectivity index (χ3v) is 16.1. The van der Waals surface area contributed by atoms with Gasteiger partial charge in [0.2, 0.25) is 5.79 Å². The van der Waals surface area contributed by atoms with Crippen LogP contribution >= 0.6 is 0 Å². The van der Waals surface area contributed by atoms with Crippen molar-refractivity contribution < 1.29 is 67.7 Å². The molecule has 2 unspecified atom stereocenters. The maximum atomic E-state index is 14.7. The number of ketones is 3. The van der Waals surface area contributed by atoms with Crippen LogP contribution in [0.5, 0.6) is 0 Å². The lowest BCUT2D eigenvalue weighted by molar-refractivity contribution is -0.266. The minimum atomic E-state index is -2.50. The van der Waals surface area contributed by atoms with E-state index in [1.807, 2.05) is 51.2 Å². The van der Waals surface area contributed by atoms with Gasteiger partial charge in [-0.3, -0.25) is 29.1 Å². The monoisotopic (exact) mass is 1020 g/mol. The molecule has 404 valence electrons. The first-order valence-corrected chi connectivity index (χ1v) is 26.4. The zero-order valence-corrected chi connectivity index (χ0v) is 44.1. The molecule has 4 aliphatic heterocycles. The number of rotatable bonds is 10. The molecule has 4 bridgehead atoms. The van der Waals surface area contributed by atoms with E-state index in [4.69, 9.17) is 28.4 Å². The summed E-state index contributed by atoms with van der Waals surface area (Å²) < 4.78 is 36.4. The van der Waals surface area contributed by atoms with E-state index in [-0.39, 0.29) is 74.8 Å². The van der Waals surface area contributed by atoms with Gasteiger partial charge in [0.1, 0.15) is 30.1 Å². The van der Waals surface area contributed by atoms with Crippen molar-refractivity contribution in [2.75, 3.05) is 34.0 Å². The Morgan fingerprint density at radius 3 is 2.37 bits per heavy atom. The largest absolute Gasteiger partial charge is 0.460 e. The van der Waals surface area contributed by atoms with Gasteiger partial charge < -0.3 is 48.6 Å². The van der Waals surface area contributed by atoms with Gasteiger partial charge in [0, 0.05) is 69.7 Å². The topological polar surface area (TPSA) is 230 Å². The van der Waals surface area contributed by atoms with E-state index in [0.29, 0.717) is 62.6 Å². The molecular formula is C56H81N3O14. The molecule has 4 fully saturated rings. The van der Waals surface area contributed by atoms with Crippen LogP contribution in [0.4, 0.5) is 0 Å². The van der Waals surface area contributed by atoms with Crippen LogP contribution in [-0.4, -0.2) is 148 Å². The van der Waals surface area contributed by atoms with Gasteiger partial charge in [-0.2, -0.15) is 0 Å². The second-order valence-electron chi connectivity index (χ2n) is 21.4. The van der Waals surface area contributed by atoms with Crippen LogP contribution in [0.3, 0.4) is 0 Å². The SMILES string of the molecule is CO[C@@H]1C[C@H](CC2[C@H]3CCCN4C(=O)C(=O)[C@]5(O)O[C@@H](CC[C@H]5C)C[C@H](OCc5cnccn5)/C(C)=C/C=C/C=C/[C@@H](C)C[C@@H](C)C(=O)[C@H](OC)[C@H](O)/C(C)=C/[C@@H](C)C(=O)C[C@@H]2OC(=O)C34)CC[C@H]1OCCO. The lowest BCUT2D eigenvalue weighted by Gasteiger charge is -2.50. The van der Waals surface area contributed by atoms with E-state index in [9.17, 15) is 39.3 Å². The summed E-state index contributed by atoms with van der Waals surface area (Å²) >= 11 is 0. The number of aliphatic hydroxyl groups excluding tert-OH is 2. The van der Waals surface area contributed by atoms with E-state index >= 15 is 0 Å². The average Bonchev–Trinajstić information content (AvgIpc) is 3.38. The highest BCUT2D eigenvalue weighted by Crippen LogP contribution is 2.45. The number of fused-ring (bicyclic) bond motifs is 4. The highest BCUT2D eigenvalue weighted by molar-refractivity contribution is 6.39. The molecule has 6 rings (SSSR count). The fourth-order valence-corrected chi connectivity index (χ4v) is 11.8. The minimum Gasteiger partial charge on any atom is -0.460 e. The fourth-order valence-electron chi connectivity index (χ4n) is 11.8. The van der Waals surface area contributed by atoms with Gasteiger partial charge in [0.05, 0.1) is 56.1 Å². The van der Waals surface area contributed by atoms with E-state index in [1.165, 1.54) is 12.0 Å². The van der Waals surface area contributed by atoms with Crippen molar-refractivity contribution in [1.82, 2.24) is 14.9 Å². The maximum Gasteiger partial charge on any atom is 0.329 e. The van der Waals surface area contributed by atoms with Crippen molar-refractivity contribution in [1.29, 1.82) is 0 Å². The molecule has 5 aliphatic rings. The summed E-state index contributed by atoms with van der Waals surface area (Å²) in [6.07, 6.45) is 15.8. The molecule has 0 radical (unpaired) electrons. The first kappa shape index (κ1) is 57.9. The Morgan fingerprint density at radius 2 is 1.66 bits per heavy atom. The molecule has 17 nitrogen and oxygen atoms in total. The first-order chi connectivity index (χ1) is 34.9. The Hall–Kier alpha value is -4.33. The van der Waals surface area contributed by atoms with Crippen molar-refractivity contribution >= 4 is 29.2 Å². The third kappa shape index (κ3) is 14.5. The number of carbonyl (C=O) groups excluding carboxylic acids is 5. The normalized spacial score (nSPS) is 39.2. The van der Waals surface area contributed by atoms with Crippen LogP contribution in [0.1, 0.15) is 118 Å². The highest BCUT2D eigenvalue weighted by Gasteiger charge is 2.57. The number of aliphatic hydroxyl groups is 3. The summed E-state index contributed by atoms with van der Waals surface area (Å²) in [6.45, 7) is 11.0. The Kier molecular flexibility index (Phi) is 21.4. The molecule has 3 N–H and O–H groups in total. The van der Waals surface area contributed by atoms with Gasteiger partial charge in [0.15, 0.2) is 5.78 Å². The average molecular weight is 1020 g/mol. The molecule has 1 amide bonds. The Bertz CT molecular complexity index is 2160. The van der Waals surface area contributed by atoms with Gasteiger partial charge in [-0.05, 0) is 101 Å². The van der Waals surface area contributed by atoms with Gasteiger partial charge in [0.25, 0.3) is 11.7 Å². The second kappa shape index (κ2) is 26.9. The molecule has 1 saturated carbocycles. The number of hydrogen-bond donors (Lipinski definition) is 3. The summed E-state index contributed by atoms with van der Waals surface area (Å²) in [5.41, 5.74) is 1.82. The molecule has 1 aromatic rings. The number of methoxy groups -OCH3 is 2. The number of amides is 1. The number of hydrogen-bond acceptors (Lipinski definition) is 16. The van der Waals surface area contributed by atoms with Gasteiger partial charge in [-0.1, -0.05) is 64.2 Å². The Balaban J connectivity index is 1.35. The minimum absolute atomic E-state index is 0.0116. The predicted molar refractivity (Wildman–Crippen MR) is 269 cm³/mol. The molecule has 17 heteroatoms. The summed E-state index contributed by atoms with van der Waals surface area (Å²) in [6, 6.07) is -1.16. The lowest BCUT2D eigenvalue weighted by atomic mass is 9.68. The number of aromatic nitrogens is 2. The fraction of sp³-hybridized carbons (Fsp3) is 0.696. The van der Waals surface area contributed by atoms with Crippen LogP contribution in [0.25, 0.3) is 0 Å². The summed E-state index contributed by atoms with van der Waals surface area (Å²) in [7, 11) is 3.00. The lowest BCUT2D eigenvalue weighted by Crippen LogP contribution is -2.65. The molecule has 5 heterocycles. The summed E-state index contributed by atoms with van der Waals surface area (Å²) in [5, 5.41) is 33.3. The Morgan fingerprint density at radius 1 is 0.877 bits per heavy atom. The van der Waals surface area contributed by atoms with Crippen LogP contribution in [0, 0.1) is 41.4 Å². The molecule has 1 aliphatic carbocycles.